The Morgan fingerprint density at radius 2 is 1.74 bits per heavy atom. The fraction of sp³-hybridized carbons (Fsp3) is 0.269. The van der Waals surface area contributed by atoms with Gasteiger partial charge in [0, 0.05) is 28.9 Å². The number of halogens is 3. The van der Waals surface area contributed by atoms with E-state index in [1.165, 1.54) is 18.6 Å². The van der Waals surface area contributed by atoms with Crippen LogP contribution in [0.1, 0.15) is 31.9 Å². The van der Waals surface area contributed by atoms with Crippen molar-refractivity contribution < 1.29 is 23.0 Å². The molecule has 0 bridgehead atoms. The first-order valence-corrected chi connectivity index (χ1v) is 11.0. The van der Waals surface area contributed by atoms with Gasteiger partial charge in [-0.1, -0.05) is 32.9 Å². The molecule has 0 saturated heterocycles. The van der Waals surface area contributed by atoms with Crippen molar-refractivity contribution in [3.63, 3.8) is 0 Å². The van der Waals surface area contributed by atoms with Crippen LogP contribution in [0, 0.1) is 0 Å². The van der Waals surface area contributed by atoms with Crippen molar-refractivity contribution in [2.24, 2.45) is 0 Å². The van der Waals surface area contributed by atoms with E-state index in [-0.39, 0.29) is 24.3 Å². The lowest BCUT2D eigenvalue weighted by Crippen LogP contribution is -2.15. The van der Waals surface area contributed by atoms with E-state index in [1.54, 1.807) is 18.2 Å². The Morgan fingerprint density at radius 1 is 0.943 bits per heavy atom. The summed E-state index contributed by atoms with van der Waals surface area (Å²) in [7, 11) is 0. The second-order valence-corrected chi connectivity index (χ2v) is 9.01. The van der Waals surface area contributed by atoms with Crippen LogP contribution in [-0.2, 0) is 11.6 Å². The lowest BCUT2D eigenvalue weighted by atomic mass is 9.86. The first kappa shape index (κ1) is 24.4. The van der Waals surface area contributed by atoms with Crippen LogP contribution in [-0.4, -0.2) is 33.3 Å². The number of anilines is 2. The van der Waals surface area contributed by atoms with E-state index < -0.39 is 11.7 Å². The Labute approximate surface area is 200 Å². The minimum Gasteiger partial charge on any atom is -0.491 e. The van der Waals surface area contributed by atoms with E-state index in [2.05, 4.69) is 41.0 Å². The maximum absolute atomic E-state index is 13.5. The standard InChI is InChI=1S/C26H25F3N4O2/c1-25(2,3)19-9-7-17(14-22(19)35-12-11-34)33-24-18-8-6-16(13-21(18)31-15-32-24)23-20(26(27,28)29)5-4-10-30-23/h4-10,13-15,34H,11-12H2,1-3H3,(H,31,32,33). The summed E-state index contributed by atoms with van der Waals surface area (Å²) in [5.41, 5.74) is 1.36. The fourth-order valence-corrected chi connectivity index (χ4v) is 3.80. The molecule has 0 atom stereocenters. The molecule has 2 aromatic heterocycles. The molecule has 182 valence electrons. The highest BCUT2D eigenvalue weighted by Crippen LogP contribution is 2.38. The van der Waals surface area contributed by atoms with Crippen LogP contribution in [0.2, 0.25) is 0 Å². The molecule has 2 aromatic carbocycles. The zero-order valence-electron chi connectivity index (χ0n) is 19.5. The molecule has 6 nitrogen and oxygen atoms in total. The van der Waals surface area contributed by atoms with Gasteiger partial charge in [0.25, 0.3) is 0 Å². The van der Waals surface area contributed by atoms with E-state index in [4.69, 9.17) is 4.74 Å². The van der Waals surface area contributed by atoms with Crippen molar-refractivity contribution >= 4 is 22.4 Å². The maximum atomic E-state index is 13.5. The molecule has 0 spiro atoms. The average Bonchev–Trinajstić information content (AvgIpc) is 2.81. The molecule has 0 unspecified atom stereocenters. The number of hydrogen-bond donors (Lipinski definition) is 2. The van der Waals surface area contributed by atoms with Crippen molar-refractivity contribution in [3.05, 3.63) is 72.2 Å². The maximum Gasteiger partial charge on any atom is 0.418 e. The monoisotopic (exact) mass is 482 g/mol. The largest absolute Gasteiger partial charge is 0.491 e. The molecule has 0 aliphatic rings. The van der Waals surface area contributed by atoms with Gasteiger partial charge in [-0.25, -0.2) is 9.97 Å². The first-order chi connectivity index (χ1) is 16.6. The Balaban J connectivity index is 1.71. The van der Waals surface area contributed by atoms with Crippen LogP contribution in [0.5, 0.6) is 5.75 Å². The Bertz CT molecular complexity index is 1350. The fourth-order valence-electron chi connectivity index (χ4n) is 3.80. The predicted octanol–water partition coefficient (Wildman–Crippen LogP) is 6.12. The minimum atomic E-state index is -4.52. The van der Waals surface area contributed by atoms with Gasteiger partial charge in [0.2, 0.25) is 0 Å². The number of benzene rings is 2. The summed E-state index contributed by atoms with van der Waals surface area (Å²) in [6, 6.07) is 12.8. The number of hydrogen-bond acceptors (Lipinski definition) is 6. The molecular weight excluding hydrogens is 457 g/mol. The van der Waals surface area contributed by atoms with E-state index in [0.717, 1.165) is 11.6 Å². The molecule has 0 saturated carbocycles. The third-order valence-corrected chi connectivity index (χ3v) is 5.42. The van der Waals surface area contributed by atoms with Crippen molar-refractivity contribution in [2.45, 2.75) is 32.4 Å². The SMILES string of the molecule is CC(C)(C)c1ccc(Nc2ncnc3cc(-c4ncccc4C(F)(F)F)ccc23)cc1OCCO. The van der Waals surface area contributed by atoms with Crippen molar-refractivity contribution in [2.75, 3.05) is 18.5 Å². The van der Waals surface area contributed by atoms with Gasteiger partial charge in [-0.2, -0.15) is 13.2 Å². The number of ether oxygens (including phenoxy) is 1. The number of aliphatic hydroxyl groups excluding tert-OH is 1. The summed E-state index contributed by atoms with van der Waals surface area (Å²) in [6.07, 6.45) is -1.84. The van der Waals surface area contributed by atoms with E-state index in [1.807, 2.05) is 18.2 Å². The summed E-state index contributed by atoms with van der Waals surface area (Å²) in [6.45, 7) is 6.28. The van der Waals surface area contributed by atoms with Gasteiger partial charge in [0.15, 0.2) is 0 Å². The lowest BCUT2D eigenvalue weighted by Gasteiger charge is -2.23. The minimum absolute atomic E-state index is 0.105. The topological polar surface area (TPSA) is 80.2 Å². The molecule has 0 aliphatic carbocycles. The number of aliphatic hydroxyl groups is 1. The number of nitrogens with one attached hydrogen (secondary N) is 1. The number of alkyl halides is 3. The Kier molecular flexibility index (Phi) is 6.62. The molecule has 0 fully saturated rings. The first-order valence-electron chi connectivity index (χ1n) is 11.0. The molecule has 4 aromatic rings. The number of nitrogens with zero attached hydrogens (tertiary/aromatic N) is 3. The van der Waals surface area contributed by atoms with Crippen LogP contribution in [0.4, 0.5) is 24.7 Å². The average molecular weight is 483 g/mol. The molecule has 4 rings (SSSR count). The van der Waals surface area contributed by atoms with Gasteiger partial charge >= 0.3 is 6.18 Å². The highest BCUT2D eigenvalue weighted by Gasteiger charge is 2.34. The number of rotatable bonds is 6. The van der Waals surface area contributed by atoms with E-state index in [9.17, 15) is 18.3 Å². The number of fused-ring (bicyclic) bond motifs is 1. The quantitative estimate of drug-likeness (QED) is 0.345. The van der Waals surface area contributed by atoms with Crippen LogP contribution >= 0.6 is 0 Å². The second kappa shape index (κ2) is 9.50. The van der Waals surface area contributed by atoms with Gasteiger partial charge in [0.1, 0.15) is 24.5 Å². The number of aromatic nitrogens is 3. The van der Waals surface area contributed by atoms with Crippen LogP contribution < -0.4 is 10.1 Å². The van der Waals surface area contributed by atoms with Crippen molar-refractivity contribution in [3.8, 4) is 17.0 Å². The molecule has 0 aliphatic heterocycles. The van der Waals surface area contributed by atoms with Gasteiger partial charge in [-0.3, -0.25) is 4.98 Å². The van der Waals surface area contributed by atoms with Gasteiger partial charge < -0.3 is 15.2 Å². The normalized spacial score (nSPS) is 12.1. The van der Waals surface area contributed by atoms with Crippen LogP contribution in [0.25, 0.3) is 22.2 Å². The predicted molar refractivity (Wildman–Crippen MR) is 129 cm³/mol. The molecule has 2 N–H and O–H groups in total. The molecule has 35 heavy (non-hydrogen) atoms. The molecule has 0 amide bonds. The summed E-state index contributed by atoms with van der Waals surface area (Å²) in [4.78, 5) is 12.5. The highest BCUT2D eigenvalue weighted by atomic mass is 19.4. The summed E-state index contributed by atoms with van der Waals surface area (Å²) < 4.78 is 46.2. The van der Waals surface area contributed by atoms with Crippen molar-refractivity contribution in [1.82, 2.24) is 15.0 Å². The van der Waals surface area contributed by atoms with Crippen molar-refractivity contribution in [1.29, 1.82) is 0 Å². The van der Waals surface area contributed by atoms with E-state index >= 15 is 0 Å². The zero-order valence-corrected chi connectivity index (χ0v) is 19.5. The summed E-state index contributed by atoms with van der Waals surface area (Å²) in [5.74, 6) is 1.14. The Hall–Kier alpha value is -3.72. The number of pyridine rings is 1. The zero-order chi connectivity index (χ0) is 25.2. The third kappa shape index (κ3) is 5.35. The second-order valence-electron chi connectivity index (χ2n) is 9.01. The van der Waals surface area contributed by atoms with Gasteiger partial charge in [0.05, 0.1) is 23.4 Å². The lowest BCUT2D eigenvalue weighted by molar-refractivity contribution is -0.137. The van der Waals surface area contributed by atoms with Crippen LogP contribution in [0.3, 0.4) is 0 Å². The van der Waals surface area contributed by atoms with Gasteiger partial charge in [-0.15, -0.1) is 0 Å². The summed E-state index contributed by atoms with van der Waals surface area (Å²) >= 11 is 0. The molecule has 9 heteroatoms. The van der Waals surface area contributed by atoms with Crippen LogP contribution in [0.15, 0.2) is 61.1 Å². The third-order valence-electron chi connectivity index (χ3n) is 5.42. The highest BCUT2D eigenvalue weighted by molar-refractivity contribution is 5.93. The van der Waals surface area contributed by atoms with E-state index in [0.29, 0.717) is 33.7 Å². The smallest absolute Gasteiger partial charge is 0.418 e. The molecule has 2 heterocycles. The summed E-state index contributed by atoms with van der Waals surface area (Å²) in [5, 5.41) is 13.1. The Morgan fingerprint density at radius 3 is 2.46 bits per heavy atom. The van der Waals surface area contributed by atoms with Gasteiger partial charge in [-0.05, 0) is 41.3 Å². The molecule has 0 radical (unpaired) electrons. The molecular formula is C26H25F3N4O2.